The number of fused-ring (bicyclic) bond motifs is 1. The number of allylic oxidation sites excluding steroid dienone is 1. The van der Waals surface area contributed by atoms with Gasteiger partial charge in [-0.25, -0.2) is 0 Å². The molecule has 3 aromatic carbocycles. The van der Waals surface area contributed by atoms with E-state index in [-0.39, 0.29) is 5.78 Å². The van der Waals surface area contributed by atoms with E-state index in [0.717, 1.165) is 22.1 Å². The Morgan fingerprint density at radius 2 is 1.64 bits per heavy atom. The molecule has 3 aromatic rings. The summed E-state index contributed by atoms with van der Waals surface area (Å²) >= 11 is 0. The first-order valence-electron chi connectivity index (χ1n) is 7.11. The molecule has 2 nitrogen and oxygen atoms in total. The van der Waals surface area contributed by atoms with Crippen molar-refractivity contribution in [2.45, 2.75) is 0 Å². The molecule has 0 N–H and O–H groups in total. The summed E-state index contributed by atoms with van der Waals surface area (Å²) in [6.45, 7) is 0. The lowest BCUT2D eigenvalue weighted by molar-refractivity contribution is 0.104. The molecule has 0 radical (unpaired) electrons. The number of hydrogen-bond acceptors (Lipinski definition) is 2. The van der Waals surface area contributed by atoms with E-state index in [9.17, 15) is 4.79 Å². The van der Waals surface area contributed by atoms with Crippen LogP contribution in [0, 0.1) is 0 Å². The maximum atomic E-state index is 12.3. The van der Waals surface area contributed by atoms with Crippen LogP contribution in [0.1, 0.15) is 15.9 Å². The molecule has 0 saturated carbocycles. The van der Waals surface area contributed by atoms with E-state index in [1.807, 2.05) is 72.8 Å². The van der Waals surface area contributed by atoms with E-state index < -0.39 is 0 Å². The second-order valence-electron chi connectivity index (χ2n) is 5.03. The van der Waals surface area contributed by atoms with Crippen LogP contribution in [-0.2, 0) is 0 Å². The molecule has 0 bridgehead atoms. The molecular formula is C20H16O2. The van der Waals surface area contributed by atoms with Gasteiger partial charge in [-0.1, -0.05) is 54.6 Å². The normalized spacial score (nSPS) is 11.0. The predicted octanol–water partition coefficient (Wildman–Crippen LogP) is 4.74. The summed E-state index contributed by atoms with van der Waals surface area (Å²) < 4.78 is 5.11. The molecule has 0 aliphatic carbocycles. The Kier molecular flexibility index (Phi) is 4.01. The van der Waals surface area contributed by atoms with Crippen LogP contribution in [0.25, 0.3) is 16.8 Å². The minimum absolute atomic E-state index is 0.00145. The number of ketones is 1. The molecule has 0 amide bonds. The average molecular weight is 288 g/mol. The molecule has 108 valence electrons. The molecule has 0 aliphatic heterocycles. The number of carbonyl (C=O) groups excluding carboxylic acids is 1. The molecule has 0 aliphatic rings. The second kappa shape index (κ2) is 6.27. The van der Waals surface area contributed by atoms with Crippen molar-refractivity contribution >= 4 is 22.6 Å². The Balaban J connectivity index is 1.81. The van der Waals surface area contributed by atoms with Gasteiger partial charge < -0.3 is 4.74 Å². The van der Waals surface area contributed by atoms with E-state index in [1.165, 1.54) is 0 Å². The summed E-state index contributed by atoms with van der Waals surface area (Å²) in [5.41, 5.74) is 1.67. The first kappa shape index (κ1) is 14.1. The lowest BCUT2D eigenvalue weighted by Crippen LogP contribution is -1.93. The summed E-state index contributed by atoms with van der Waals surface area (Å²) in [5, 5.41) is 2.21. The van der Waals surface area contributed by atoms with E-state index in [4.69, 9.17) is 4.74 Å². The van der Waals surface area contributed by atoms with Crippen molar-refractivity contribution < 1.29 is 9.53 Å². The summed E-state index contributed by atoms with van der Waals surface area (Å²) in [4.78, 5) is 12.3. The van der Waals surface area contributed by atoms with Crippen molar-refractivity contribution in [2.75, 3.05) is 7.11 Å². The van der Waals surface area contributed by atoms with E-state index >= 15 is 0 Å². The Hall–Kier alpha value is -2.87. The van der Waals surface area contributed by atoms with Crippen LogP contribution >= 0.6 is 0 Å². The van der Waals surface area contributed by atoms with Crippen molar-refractivity contribution in [3.63, 3.8) is 0 Å². The van der Waals surface area contributed by atoms with Gasteiger partial charge in [-0.15, -0.1) is 0 Å². The quantitative estimate of drug-likeness (QED) is 0.512. The SMILES string of the molecule is COc1ccc(/C=C\C(=O)c2ccc3ccccc3c2)cc1. The molecule has 3 rings (SSSR count). The molecular weight excluding hydrogens is 272 g/mol. The van der Waals surface area contributed by atoms with Crippen molar-refractivity contribution in [3.05, 3.63) is 83.9 Å². The van der Waals surface area contributed by atoms with Gasteiger partial charge >= 0.3 is 0 Å². The highest BCUT2D eigenvalue weighted by molar-refractivity contribution is 6.08. The maximum absolute atomic E-state index is 12.3. The lowest BCUT2D eigenvalue weighted by atomic mass is 10.0. The van der Waals surface area contributed by atoms with Crippen molar-refractivity contribution in [1.82, 2.24) is 0 Å². The standard InChI is InChI=1S/C20H16O2/c1-22-19-11-6-15(7-12-19)8-13-20(21)18-10-9-16-4-2-3-5-17(16)14-18/h2-14H,1H3/b13-8-. The first-order valence-corrected chi connectivity index (χ1v) is 7.11. The number of rotatable bonds is 4. The van der Waals surface area contributed by atoms with Gasteiger partial charge in [0.05, 0.1) is 7.11 Å². The fourth-order valence-corrected chi connectivity index (χ4v) is 2.33. The number of benzene rings is 3. The van der Waals surface area contributed by atoms with Crippen LogP contribution in [0.2, 0.25) is 0 Å². The zero-order valence-corrected chi connectivity index (χ0v) is 12.3. The Labute approximate surface area is 129 Å². The van der Waals surface area contributed by atoms with Gasteiger partial charge in [-0.2, -0.15) is 0 Å². The summed E-state index contributed by atoms with van der Waals surface area (Å²) in [7, 11) is 1.63. The minimum atomic E-state index is 0.00145. The molecule has 2 heteroatoms. The van der Waals surface area contributed by atoms with Gasteiger partial charge in [0.15, 0.2) is 5.78 Å². The molecule has 0 saturated heterocycles. The lowest BCUT2D eigenvalue weighted by Gasteiger charge is -2.01. The predicted molar refractivity (Wildman–Crippen MR) is 90.3 cm³/mol. The topological polar surface area (TPSA) is 26.3 Å². The first-order chi connectivity index (χ1) is 10.8. The highest BCUT2D eigenvalue weighted by atomic mass is 16.5. The highest BCUT2D eigenvalue weighted by Gasteiger charge is 2.03. The summed E-state index contributed by atoms with van der Waals surface area (Å²) in [6.07, 6.45) is 3.42. The van der Waals surface area contributed by atoms with Crippen LogP contribution in [0.4, 0.5) is 0 Å². The van der Waals surface area contributed by atoms with Crippen LogP contribution in [0.5, 0.6) is 5.75 Å². The van der Waals surface area contributed by atoms with E-state index in [1.54, 1.807) is 13.2 Å². The highest BCUT2D eigenvalue weighted by Crippen LogP contribution is 2.17. The zero-order chi connectivity index (χ0) is 15.4. The van der Waals surface area contributed by atoms with Gasteiger partial charge in [-0.3, -0.25) is 4.79 Å². The smallest absolute Gasteiger partial charge is 0.185 e. The molecule has 0 fully saturated rings. The molecule has 0 spiro atoms. The van der Waals surface area contributed by atoms with Crippen molar-refractivity contribution in [2.24, 2.45) is 0 Å². The third kappa shape index (κ3) is 3.07. The Bertz CT molecular complexity index is 830. The number of carbonyl (C=O) groups is 1. The van der Waals surface area contributed by atoms with Crippen molar-refractivity contribution in [3.8, 4) is 5.75 Å². The van der Waals surface area contributed by atoms with Crippen LogP contribution in [0.3, 0.4) is 0 Å². The number of ether oxygens (including phenoxy) is 1. The third-order valence-electron chi connectivity index (χ3n) is 3.58. The second-order valence-corrected chi connectivity index (χ2v) is 5.03. The monoisotopic (exact) mass is 288 g/mol. The maximum Gasteiger partial charge on any atom is 0.185 e. The molecule has 22 heavy (non-hydrogen) atoms. The molecule has 0 heterocycles. The van der Waals surface area contributed by atoms with Crippen LogP contribution in [-0.4, -0.2) is 12.9 Å². The number of hydrogen-bond donors (Lipinski definition) is 0. The average Bonchev–Trinajstić information content (AvgIpc) is 2.59. The van der Waals surface area contributed by atoms with Gasteiger partial charge in [0, 0.05) is 5.56 Å². The number of methoxy groups -OCH3 is 1. The molecule has 0 unspecified atom stereocenters. The van der Waals surface area contributed by atoms with E-state index in [2.05, 4.69) is 0 Å². The van der Waals surface area contributed by atoms with E-state index in [0.29, 0.717) is 5.56 Å². The Morgan fingerprint density at radius 1 is 0.909 bits per heavy atom. The minimum Gasteiger partial charge on any atom is -0.497 e. The van der Waals surface area contributed by atoms with Gasteiger partial charge in [0.25, 0.3) is 0 Å². The van der Waals surface area contributed by atoms with Crippen LogP contribution in [0.15, 0.2) is 72.8 Å². The zero-order valence-electron chi connectivity index (χ0n) is 12.3. The van der Waals surface area contributed by atoms with Crippen molar-refractivity contribution in [1.29, 1.82) is 0 Å². The summed E-state index contributed by atoms with van der Waals surface area (Å²) in [5.74, 6) is 0.805. The molecule has 0 aromatic heterocycles. The van der Waals surface area contributed by atoms with Gasteiger partial charge in [-0.05, 0) is 40.6 Å². The van der Waals surface area contributed by atoms with Gasteiger partial charge in [0.1, 0.15) is 5.75 Å². The third-order valence-corrected chi connectivity index (χ3v) is 3.58. The van der Waals surface area contributed by atoms with Gasteiger partial charge in [0.2, 0.25) is 0 Å². The fraction of sp³-hybridized carbons (Fsp3) is 0.0500. The fourth-order valence-electron chi connectivity index (χ4n) is 2.33. The van der Waals surface area contributed by atoms with Crippen LogP contribution < -0.4 is 4.74 Å². The molecule has 0 atom stereocenters. The largest absolute Gasteiger partial charge is 0.497 e. The summed E-state index contributed by atoms with van der Waals surface area (Å²) in [6, 6.07) is 21.4. The Morgan fingerprint density at radius 3 is 2.36 bits per heavy atom.